The van der Waals surface area contributed by atoms with E-state index in [1.165, 1.54) is 205 Å². The van der Waals surface area contributed by atoms with Crippen LogP contribution in [0.4, 0.5) is 0 Å². The first-order valence-corrected chi connectivity index (χ1v) is 27.3. The summed E-state index contributed by atoms with van der Waals surface area (Å²) in [5, 5.41) is 22.9. The zero-order chi connectivity index (χ0) is 45.1. The van der Waals surface area contributed by atoms with Crippen molar-refractivity contribution in [3.05, 3.63) is 36.5 Å². The summed E-state index contributed by atoms with van der Waals surface area (Å²) in [5.41, 5.74) is 0. The quantitative estimate of drug-likeness (QED) is 0.0321. The first-order chi connectivity index (χ1) is 30.5. The summed E-state index contributed by atoms with van der Waals surface area (Å²) >= 11 is 0. The Morgan fingerprint density at radius 1 is 0.435 bits per heavy atom. The number of hydrogen-bond acceptors (Lipinski definition) is 5. The van der Waals surface area contributed by atoms with Crippen molar-refractivity contribution < 1.29 is 24.5 Å². The monoisotopic (exact) mass is 872 g/mol. The van der Waals surface area contributed by atoms with Crippen molar-refractivity contribution in [2.75, 3.05) is 13.2 Å². The molecular weight excluding hydrogens is 767 g/mol. The number of rotatable bonds is 50. The zero-order valence-corrected chi connectivity index (χ0v) is 41.4. The normalized spacial score (nSPS) is 12.9. The van der Waals surface area contributed by atoms with Gasteiger partial charge in [-0.05, 0) is 83.5 Å². The minimum atomic E-state index is -0.848. The number of ether oxygens (including phenoxy) is 1. The highest BCUT2D eigenvalue weighted by molar-refractivity contribution is 5.76. The maximum Gasteiger partial charge on any atom is 0.305 e. The lowest BCUT2D eigenvalue weighted by Gasteiger charge is -2.20. The average molecular weight is 872 g/mol. The Bertz CT molecular complexity index is 1010. The Labute approximate surface area is 385 Å². The number of esters is 1. The molecule has 2 atom stereocenters. The van der Waals surface area contributed by atoms with E-state index in [0.717, 1.165) is 51.4 Å². The predicted octanol–water partition coefficient (Wildman–Crippen LogP) is 16.5. The van der Waals surface area contributed by atoms with Crippen LogP contribution < -0.4 is 5.32 Å². The fourth-order valence-corrected chi connectivity index (χ4v) is 8.15. The van der Waals surface area contributed by atoms with Crippen LogP contribution in [-0.4, -0.2) is 47.4 Å². The molecular formula is C56H105NO5. The van der Waals surface area contributed by atoms with Gasteiger partial charge >= 0.3 is 5.97 Å². The summed E-state index contributed by atoms with van der Waals surface area (Å²) < 4.78 is 5.47. The molecule has 0 aromatic rings. The Morgan fingerprint density at radius 2 is 0.758 bits per heavy atom. The molecule has 0 saturated heterocycles. The van der Waals surface area contributed by atoms with Gasteiger partial charge in [-0.1, -0.05) is 224 Å². The molecule has 2 unspecified atom stereocenters. The first-order valence-electron chi connectivity index (χ1n) is 27.3. The molecule has 0 heterocycles. The Morgan fingerprint density at radius 3 is 1.15 bits per heavy atom. The van der Waals surface area contributed by atoms with E-state index in [9.17, 15) is 19.8 Å². The lowest BCUT2D eigenvalue weighted by Crippen LogP contribution is -2.45. The van der Waals surface area contributed by atoms with Gasteiger partial charge in [-0.25, -0.2) is 0 Å². The van der Waals surface area contributed by atoms with Gasteiger partial charge in [-0.2, -0.15) is 0 Å². The molecule has 0 aliphatic rings. The molecule has 0 aromatic heterocycles. The van der Waals surface area contributed by atoms with Crippen molar-refractivity contribution in [2.24, 2.45) is 0 Å². The van der Waals surface area contributed by atoms with E-state index in [1.807, 2.05) is 6.08 Å². The number of aliphatic hydroxyl groups is 2. The lowest BCUT2D eigenvalue weighted by atomic mass is 10.1. The van der Waals surface area contributed by atoms with Crippen LogP contribution in [0, 0.1) is 0 Å². The third-order valence-electron chi connectivity index (χ3n) is 12.4. The molecule has 0 bridgehead atoms. The van der Waals surface area contributed by atoms with Gasteiger partial charge in [0.1, 0.15) is 0 Å². The Hall–Kier alpha value is -1.92. The van der Waals surface area contributed by atoms with E-state index in [4.69, 9.17) is 4.74 Å². The number of unbranched alkanes of at least 4 members (excludes halogenated alkanes) is 35. The summed E-state index contributed by atoms with van der Waals surface area (Å²) in [4.78, 5) is 24.4. The first kappa shape index (κ1) is 60.1. The molecule has 364 valence electrons. The fourth-order valence-electron chi connectivity index (χ4n) is 8.15. The highest BCUT2D eigenvalue weighted by atomic mass is 16.5. The molecule has 62 heavy (non-hydrogen) atoms. The van der Waals surface area contributed by atoms with Crippen molar-refractivity contribution in [3.8, 4) is 0 Å². The highest BCUT2D eigenvalue weighted by Crippen LogP contribution is 2.15. The van der Waals surface area contributed by atoms with Crippen molar-refractivity contribution in [3.63, 3.8) is 0 Å². The largest absolute Gasteiger partial charge is 0.466 e. The van der Waals surface area contributed by atoms with E-state index < -0.39 is 12.1 Å². The summed E-state index contributed by atoms with van der Waals surface area (Å²) in [5.74, 6) is -0.0823. The molecule has 1 amide bonds. The number of nitrogens with one attached hydrogen (secondary N) is 1. The Balaban J connectivity index is 3.44. The highest BCUT2D eigenvalue weighted by Gasteiger charge is 2.18. The van der Waals surface area contributed by atoms with Crippen LogP contribution >= 0.6 is 0 Å². The SMILES string of the molecule is CCCCCCCC/C=C\CCCCCCCC(=O)OCCCCCCCCCCC/C=C\CCCCCCCCCC(=O)NC(CO)C(O)/C=C/CCCCCCCCCC. The van der Waals surface area contributed by atoms with Crippen LogP contribution in [-0.2, 0) is 14.3 Å². The molecule has 0 radical (unpaired) electrons. The van der Waals surface area contributed by atoms with Crippen LogP contribution in [0.5, 0.6) is 0 Å². The van der Waals surface area contributed by atoms with Crippen molar-refractivity contribution in [1.29, 1.82) is 0 Å². The van der Waals surface area contributed by atoms with E-state index in [1.54, 1.807) is 6.08 Å². The van der Waals surface area contributed by atoms with Gasteiger partial charge in [-0.15, -0.1) is 0 Å². The van der Waals surface area contributed by atoms with Crippen molar-refractivity contribution >= 4 is 11.9 Å². The second-order valence-electron chi connectivity index (χ2n) is 18.5. The van der Waals surface area contributed by atoms with Gasteiger partial charge in [0.2, 0.25) is 5.91 Å². The average Bonchev–Trinajstić information content (AvgIpc) is 3.27. The summed E-state index contributed by atoms with van der Waals surface area (Å²) in [6.07, 6.45) is 63.0. The number of hydrogen-bond donors (Lipinski definition) is 3. The van der Waals surface area contributed by atoms with Crippen LogP contribution in [0.2, 0.25) is 0 Å². The van der Waals surface area contributed by atoms with E-state index in [2.05, 4.69) is 43.5 Å². The maximum atomic E-state index is 12.4. The summed E-state index contributed by atoms with van der Waals surface area (Å²) in [7, 11) is 0. The molecule has 0 rings (SSSR count). The van der Waals surface area contributed by atoms with Gasteiger partial charge in [0.15, 0.2) is 0 Å². The molecule has 6 heteroatoms. The molecule has 0 aromatic carbocycles. The summed E-state index contributed by atoms with van der Waals surface area (Å²) in [6, 6.07) is -0.632. The maximum absolute atomic E-state index is 12.4. The minimum Gasteiger partial charge on any atom is -0.466 e. The van der Waals surface area contributed by atoms with E-state index >= 15 is 0 Å². The molecule has 0 aliphatic heterocycles. The molecule has 6 nitrogen and oxygen atoms in total. The third-order valence-corrected chi connectivity index (χ3v) is 12.4. The minimum absolute atomic E-state index is 0.00305. The van der Waals surface area contributed by atoms with E-state index in [0.29, 0.717) is 19.4 Å². The van der Waals surface area contributed by atoms with Gasteiger partial charge in [0, 0.05) is 12.8 Å². The third kappa shape index (κ3) is 47.6. The van der Waals surface area contributed by atoms with E-state index in [-0.39, 0.29) is 18.5 Å². The molecule has 0 spiro atoms. The molecule has 0 saturated carbocycles. The number of allylic oxidation sites excluding steroid dienone is 5. The van der Waals surface area contributed by atoms with Gasteiger partial charge < -0.3 is 20.3 Å². The van der Waals surface area contributed by atoms with Gasteiger partial charge in [-0.3, -0.25) is 9.59 Å². The van der Waals surface area contributed by atoms with Crippen molar-refractivity contribution in [1.82, 2.24) is 5.32 Å². The van der Waals surface area contributed by atoms with Crippen LogP contribution in [0.25, 0.3) is 0 Å². The smallest absolute Gasteiger partial charge is 0.305 e. The fraction of sp³-hybridized carbons (Fsp3) is 0.857. The number of aliphatic hydroxyl groups excluding tert-OH is 2. The van der Waals surface area contributed by atoms with Gasteiger partial charge in [0.25, 0.3) is 0 Å². The number of carbonyl (C=O) groups is 2. The number of carbonyl (C=O) groups excluding carboxylic acids is 2. The molecule has 3 N–H and O–H groups in total. The summed E-state index contributed by atoms with van der Waals surface area (Å²) in [6.45, 7) is 4.86. The molecule has 0 aliphatic carbocycles. The zero-order valence-electron chi connectivity index (χ0n) is 41.4. The van der Waals surface area contributed by atoms with Gasteiger partial charge in [0.05, 0.1) is 25.4 Å². The second kappa shape index (κ2) is 51.7. The molecule has 0 fully saturated rings. The topological polar surface area (TPSA) is 95.9 Å². The van der Waals surface area contributed by atoms with Crippen LogP contribution in [0.3, 0.4) is 0 Å². The lowest BCUT2D eigenvalue weighted by molar-refractivity contribution is -0.143. The predicted molar refractivity (Wildman–Crippen MR) is 269 cm³/mol. The van der Waals surface area contributed by atoms with Crippen LogP contribution in [0.1, 0.15) is 284 Å². The number of amides is 1. The Kier molecular flexibility index (Phi) is 50.1. The van der Waals surface area contributed by atoms with Crippen LogP contribution in [0.15, 0.2) is 36.5 Å². The van der Waals surface area contributed by atoms with Crippen molar-refractivity contribution in [2.45, 2.75) is 296 Å². The standard InChI is InChI=1S/C56H105NO5/c1-3-5-7-9-11-13-15-16-23-27-30-34-38-42-46-50-56(61)62-51-47-43-39-35-31-28-25-22-20-18-17-19-21-24-26-29-33-37-41-45-49-55(60)57-53(52-58)54(59)48-44-40-36-32-14-12-10-8-6-4-2/h16-17,19,23,44,48,53-54,58-59H,3-15,18,20-22,24-43,45-47,49-52H2,1-2H3,(H,57,60)/b19-17-,23-16-,48-44+. The second-order valence-corrected chi connectivity index (χ2v) is 18.5.